The molecular formula is C17H22N4O2. The molecule has 1 amide bonds. The molecule has 0 fully saturated rings. The first-order valence-electron chi connectivity index (χ1n) is 7.38. The fourth-order valence-corrected chi connectivity index (χ4v) is 2.28. The van der Waals surface area contributed by atoms with Gasteiger partial charge < -0.3 is 15.4 Å². The summed E-state index contributed by atoms with van der Waals surface area (Å²) >= 11 is 0. The number of nitrogen functional groups attached to an aromatic ring is 1. The van der Waals surface area contributed by atoms with E-state index in [9.17, 15) is 4.79 Å². The van der Waals surface area contributed by atoms with Crippen molar-refractivity contribution in [3.63, 3.8) is 0 Å². The third-order valence-corrected chi connectivity index (χ3v) is 3.47. The van der Waals surface area contributed by atoms with Crippen LogP contribution in [0.5, 0.6) is 5.75 Å². The number of rotatable bonds is 4. The molecule has 1 aromatic heterocycles. The van der Waals surface area contributed by atoms with E-state index in [0.717, 1.165) is 5.56 Å². The molecule has 0 aliphatic rings. The van der Waals surface area contributed by atoms with E-state index < -0.39 is 6.10 Å². The lowest BCUT2D eigenvalue weighted by molar-refractivity contribution is 0.0820. The predicted molar refractivity (Wildman–Crippen MR) is 89.4 cm³/mol. The Morgan fingerprint density at radius 3 is 2.35 bits per heavy atom. The second-order valence-electron chi connectivity index (χ2n) is 5.70. The number of carbonyl (C=O) groups is 1. The van der Waals surface area contributed by atoms with Gasteiger partial charge in [0.25, 0.3) is 5.91 Å². The van der Waals surface area contributed by atoms with Crippen molar-refractivity contribution < 1.29 is 9.53 Å². The standard InChI is InChI=1S/C17H22N4O2/c1-10-6-8-13(9-7-10)23-12(3)15-14(16(22)21(4)5)11(2)19-17(18)20-15/h6-9,12H,1-5H3,(H2,18,19,20). The average molecular weight is 314 g/mol. The Bertz CT molecular complexity index is 711. The molecule has 6 heteroatoms. The number of hydrogen-bond acceptors (Lipinski definition) is 5. The van der Waals surface area contributed by atoms with Crippen LogP contribution in [0.1, 0.15) is 40.3 Å². The lowest BCUT2D eigenvalue weighted by Gasteiger charge is -2.20. The predicted octanol–water partition coefficient (Wildman–Crippen LogP) is 2.52. The van der Waals surface area contributed by atoms with Crippen molar-refractivity contribution in [1.82, 2.24) is 14.9 Å². The minimum absolute atomic E-state index is 0.132. The van der Waals surface area contributed by atoms with Crippen LogP contribution < -0.4 is 10.5 Å². The fourth-order valence-electron chi connectivity index (χ4n) is 2.28. The van der Waals surface area contributed by atoms with Gasteiger partial charge in [-0.25, -0.2) is 9.97 Å². The van der Waals surface area contributed by atoms with E-state index in [-0.39, 0.29) is 11.9 Å². The van der Waals surface area contributed by atoms with E-state index in [1.807, 2.05) is 38.1 Å². The van der Waals surface area contributed by atoms with Crippen molar-refractivity contribution in [3.05, 3.63) is 46.8 Å². The molecule has 1 unspecified atom stereocenters. The smallest absolute Gasteiger partial charge is 0.257 e. The Hall–Kier alpha value is -2.63. The summed E-state index contributed by atoms with van der Waals surface area (Å²) in [6, 6.07) is 7.70. The molecule has 0 bridgehead atoms. The monoisotopic (exact) mass is 314 g/mol. The summed E-state index contributed by atoms with van der Waals surface area (Å²) in [6.07, 6.45) is -0.430. The number of amides is 1. The van der Waals surface area contributed by atoms with Gasteiger partial charge >= 0.3 is 0 Å². The van der Waals surface area contributed by atoms with Crippen LogP contribution in [0.15, 0.2) is 24.3 Å². The molecule has 0 aliphatic heterocycles. The maximum absolute atomic E-state index is 12.4. The summed E-state index contributed by atoms with van der Waals surface area (Å²) in [5.41, 5.74) is 8.38. The topological polar surface area (TPSA) is 81.3 Å². The van der Waals surface area contributed by atoms with Crippen molar-refractivity contribution in [1.29, 1.82) is 0 Å². The quantitative estimate of drug-likeness (QED) is 0.937. The highest BCUT2D eigenvalue weighted by Crippen LogP contribution is 2.25. The van der Waals surface area contributed by atoms with E-state index in [1.54, 1.807) is 21.0 Å². The van der Waals surface area contributed by atoms with E-state index in [2.05, 4.69) is 9.97 Å². The first-order valence-corrected chi connectivity index (χ1v) is 7.38. The number of aromatic nitrogens is 2. The summed E-state index contributed by atoms with van der Waals surface area (Å²) in [4.78, 5) is 22.3. The molecule has 1 atom stereocenters. The molecule has 1 heterocycles. The van der Waals surface area contributed by atoms with Gasteiger partial charge in [-0.1, -0.05) is 17.7 Å². The SMILES string of the molecule is Cc1ccc(OC(C)c2nc(N)nc(C)c2C(=O)N(C)C)cc1. The zero-order valence-corrected chi connectivity index (χ0v) is 14.1. The molecule has 0 spiro atoms. The Balaban J connectivity index is 2.40. The molecule has 2 rings (SSSR count). The van der Waals surface area contributed by atoms with Crippen molar-refractivity contribution in [2.24, 2.45) is 0 Å². The molecule has 2 N–H and O–H groups in total. The molecule has 1 aromatic carbocycles. The van der Waals surface area contributed by atoms with Gasteiger partial charge in [0.15, 0.2) is 0 Å². The van der Waals surface area contributed by atoms with Crippen LogP contribution in [0.3, 0.4) is 0 Å². The molecule has 122 valence electrons. The van der Waals surface area contributed by atoms with Crippen LogP contribution >= 0.6 is 0 Å². The minimum Gasteiger partial charge on any atom is -0.484 e. The summed E-state index contributed by atoms with van der Waals surface area (Å²) in [6.45, 7) is 5.60. The molecular weight excluding hydrogens is 292 g/mol. The van der Waals surface area contributed by atoms with E-state index in [1.165, 1.54) is 4.90 Å². The van der Waals surface area contributed by atoms with E-state index >= 15 is 0 Å². The summed E-state index contributed by atoms with van der Waals surface area (Å²) in [5, 5.41) is 0. The summed E-state index contributed by atoms with van der Waals surface area (Å²) < 4.78 is 5.92. The lowest BCUT2D eigenvalue weighted by atomic mass is 10.1. The Kier molecular flexibility index (Phi) is 4.83. The van der Waals surface area contributed by atoms with Gasteiger partial charge in [-0.05, 0) is 32.9 Å². The van der Waals surface area contributed by atoms with Crippen molar-refractivity contribution in [2.45, 2.75) is 26.9 Å². The van der Waals surface area contributed by atoms with Gasteiger partial charge in [0, 0.05) is 14.1 Å². The maximum Gasteiger partial charge on any atom is 0.257 e. The third kappa shape index (κ3) is 3.77. The van der Waals surface area contributed by atoms with Gasteiger partial charge in [-0.3, -0.25) is 4.79 Å². The normalized spacial score (nSPS) is 11.9. The Morgan fingerprint density at radius 1 is 1.17 bits per heavy atom. The van der Waals surface area contributed by atoms with Crippen LogP contribution in [0.25, 0.3) is 0 Å². The molecule has 0 aliphatic carbocycles. The van der Waals surface area contributed by atoms with Crippen molar-refractivity contribution in [2.75, 3.05) is 19.8 Å². The van der Waals surface area contributed by atoms with Crippen molar-refractivity contribution in [3.8, 4) is 5.75 Å². The lowest BCUT2D eigenvalue weighted by Crippen LogP contribution is -2.27. The maximum atomic E-state index is 12.4. The van der Waals surface area contributed by atoms with Crippen LogP contribution in [-0.4, -0.2) is 34.9 Å². The van der Waals surface area contributed by atoms with Crippen LogP contribution in [0.4, 0.5) is 5.95 Å². The van der Waals surface area contributed by atoms with E-state index in [4.69, 9.17) is 10.5 Å². The summed E-state index contributed by atoms with van der Waals surface area (Å²) in [7, 11) is 3.38. The highest BCUT2D eigenvalue weighted by atomic mass is 16.5. The number of benzene rings is 1. The first-order chi connectivity index (χ1) is 10.8. The van der Waals surface area contributed by atoms with Crippen LogP contribution in [0.2, 0.25) is 0 Å². The number of nitrogens with zero attached hydrogens (tertiary/aromatic N) is 3. The Labute approximate surface area is 136 Å². The second kappa shape index (κ2) is 6.64. The third-order valence-electron chi connectivity index (χ3n) is 3.47. The number of aryl methyl sites for hydroxylation is 2. The zero-order chi connectivity index (χ0) is 17.1. The van der Waals surface area contributed by atoms with Crippen LogP contribution in [-0.2, 0) is 0 Å². The highest BCUT2D eigenvalue weighted by Gasteiger charge is 2.24. The minimum atomic E-state index is -0.430. The molecule has 0 radical (unpaired) electrons. The average Bonchev–Trinajstić information content (AvgIpc) is 2.48. The van der Waals surface area contributed by atoms with Gasteiger partial charge in [-0.2, -0.15) is 0 Å². The van der Waals surface area contributed by atoms with Gasteiger partial charge in [0.2, 0.25) is 5.95 Å². The summed E-state index contributed by atoms with van der Waals surface area (Å²) in [5.74, 6) is 0.671. The van der Waals surface area contributed by atoms with Gasteiger partial charge in [0.05, 0.1) is 17.0 Å². The van der Waals surface area contributed by atoms with Gasteiger partial charge in [0.1, 0.15) is 11.9 Å². The largest absolute Gasteiger partial charge is 0.484 e. The molecule has 2 aromatic rings. The molecule has 0 saturated heterocycles. The number of hydrogen-bond donors (Lipinski definition) is 1. The number of nitrogens with two attached hydrogens (primary N) is 1. The highest BCUT2D eigenvalue weighted by molar-refractivity contribution is 5.96. The fraction of sp³-hybridized carbons (Fsp3) is 0.353. The molecule has 6 nitrogen and oxygen atoms in total. The Morgan fingerprint density at radius 2 is 1.78 bits per heavy atom. The molecule has 0 saturated carbocycles. The number of anilines is 1. The van der Waals surface area contributed by atoms with Crippen molar-refractivity contribution >= 4 is 11.9 Å². The number of ether oxygens (including phenoxy) is 1. The number of carbonyl (C=O) groups excluding carboxylic acids is 1. The van der Waals surface area contributed by atoms with Gasteiger partial charge in [-0.15, -0.1) is 0 Å². The second-order valence-corrected chi connectivity index (χ2v) is 5.70. The molecule has 23 heavy (non-hydrogen) atoms. The van der Waals surface area contributed by atoms with Crippen LogP contribution in [0, 0.1) is 13.8 Å². The van der Waals surface area contributed by atoms with E-state index in [0.29, 0.717) is 22.7 Å². The zero-order valence-electron chi connectivity index (χ0n) is 14.1. The first kappa shape index (κ1) is 16.7.